The quantitative estimate of drug-likeness (QED) is 0.698. The molecule has 0 fully saturated rings. The van der Waals surface area contributed by atoms with Crippen LogP contribution >= 0.6 is 22.6 Å². The van der Waals surface area contributed by atoms with Crippen LogP contribution in [0.2, 0.25) is 0 Å². The van der Waals surface area contributed by atoms with Gasteiger partial charge in [-0.05, 0) is 34.7 Å². The summed E-state index contributed by atoms with van der Waals surface area (Å²) in [5.41, 5.74) is 0.664. The van der Waals surface area contributed by atoms with Crippen molar-refractivity contribution in [3.8, 4) is 11.6 Å². The van der Waals surface area contributed by atoms with E-state index in [4.69, 9.17) is 4.74 Å². The lowest BCUT2D eigenvalue weighted by atomic mass is 10.3. The predicted molar refractivity (Wildman–Crippen MR) is 73.0 cm³/mol. The number of nitrogens with zero attached hydrogens (tertiary/aromatic N) is 2. The maximum atomic E-state index is 13.4. The largest absolute Gasteiger partial charge is 0.436 e. The number of hydrogen-bond acceptors (Lipinski definition) is 3. The molecule has 0 saturated heterocycles. The van der Waals surface area contributed by atoms with Crippen molar-refractivity contribution in [2.75, 3.05) is 0 Å². The van der Waals surface area contributed by atoms with Gasteiger partial charge in [-0.25, -0.2) is 13.8 Å². The zero-order valence-corrected chi connectivity index (χ0v) is 11.5. The number of aromatic amines is 1. The van der Waals surface area contributed by atoms with Gasteiger partial charge in [-0.15, -0.1) is 0 Å². The third kappa shape index (κ3) is 2.37. The molecule has 4 nitrogen and oxygen atoms in total. The van der Waals surface area contributed by atoms with Crippen LogP contribution in [0.15, 0.2) is 30.5 Å². The molecule has 0 radical (unpaired) electrons. The number of pyridine rings is 1. The molecule has 19 heavy (non-hydrogen) atoms. The average molecular weight is 373 g/mol. The molecule has 96 valence electrons. The summed E-state index contributed by atoms with van der Waals surface area (Å²) in [4.78, 5) is 4.05. The Kier molecular flexibility index (Phi) is 3.05. The number of benzene rings is 1. The van der Waals surface area contributed by atoms with E-state index in [1.807, 2.05) is 0 Å². The molecule has 7 heteroatoms. The SMILES string of the molecule is Fc1ccc(Oc2cc3n[nH]c(I)c3cn2)c(F)c1. The van der Waals surface area contributed by atoms with Crippen LogP contribution in [0.5, 0.6) is 11.6 Å². The molecule has 0 spiro atoms. The monoisotopic (exact) mass is 373 g/mol. The van der Waals surface area contributed by atoms with Crippen LogP contribution in [-0.2, 0) is 0 Å². The van der Waals surface area contributed by atoms with Crippen molar-refractivity contribution in [3.63, 3.8) is 0 Å². The second kappa shape index (κ2) is 4.72. The molecule has 0 amide bonds. The molecular weight excluding hydrogens is 367 g/mol. The van der Waals surface area contributed by atoms with E-state index >= 15 is 0 Å². The van der Waals surface area contributed by atoms with Gasteiger partial charge in [-0.2, -0.15) is 5.10 Å². The van der Waals surface area contributed by atoms with E-state index < -0.39 is 11.6 Å². The lowest BCUT2D eigenvalue weighted by Crippen LogP contribution is -1.91. The van der Waals surface area contributed by atoms with E-state index in [2.05, 4.69) is 37.8 Å². The van der Waals surface area contributed by atoms with Crippen LogP contribution < -0.4 is 4.74 Å². The average Bonchev–Trinajstić information content (AvgIpc) is 2.74. The Bertz CT molecular complexity index is 760. The minimum atomic E-state index is -0.779. The van der Waals surface area contributed by atoms with Crippen LogP contribution in [0.3, 0.4) is 0 Å². The second-order valence-corrected chi connectivity index (χ2v) is 4.83. The van der Waals surface area contributed by atoms with Crippen LogP contribution in [0.1, 0.15) is 0 Å². The van der Waals surface area contributed by atoms with Gasteiger partial charge in [0.05, 0.1) is 5.39 Å². The lowest BCUT2D eigenvalue weighted by Gasteiger charge is -2.05. The minimum Gasteiger partial charge on any atom is -0.436 e. The summed E-state index contributed by atoms with van der Waals surface area (Å²) in [6.07, 6.45) is 1.58. The summed E-state index contributed by atoms with van der Waals surface area (Å²) < 4.78 is 32.3. The molecule has 0 aliphatic carbocycles. The zero-order valence-electron chi connectivity index (χ0n) is 9.32. The Morgan fingerprint density at radius 2 is 2.05 bits per heavy atom. The number of H-pyrrole nitrogens is 1. The highest BCUT2D eigenvalue weighted by Gasteiger charge is 2.09. The molecule has 0 atom stereocenters. The van der Waals surface area contributed by atoms with E-state index in [1.165, 1.54) is 6.07 Å². The summed E-state index contributed by atoms with van der Waals surface area (Å²) in [6.45, 7) is 0. The minimum absolute atomic E-state index is 0.0847. The van der Waals surface area contributed by atoms with Crippen molar-refractivity contribution < 1.29 is 13.5 Å². The van der Waals surface area contributed by atoms with E-state index in [-0.39, 0.29) is 11.6 Å². The topological polar surface area (TPSA) is 50.8 Å². The molecule has 1 N–H and O–H groups in total. The Hall–Kier alpha value is -1.77. The molecular formula is C12H6F2IN3O. The number of halogens is 3. The Balaban J connectivity index is 1.96. The molecule has 0 unspecified atom stereocenters. The van der Waals surface area contributed by atoms with Crippen LogP contribution in [0, 0.1) is 15.3 Å². The molecule has 0 saturated carbocycles. The molecule has 2 heterocycles. The Morgan fingerprint density at radius 3 is 2.84 bits per heavy atom. The Labute approximate surface area is 119 Å². The fourth-order valence-corrected chi connectivity index (χ4v) is 2.12. The molecule has 3 aromatic rings. The van der Waals surface area contributed by atoms with Gasteiger partial charge in [0.25, 0.3) is 0 Å². The van der Waals surface area contributed by atoms with E-state index in [1.54, 1.807) is 12.3 Å². The summed E-state index contributed by atoms with van der Waals surface area (Å²) in [7, 11) is 0. The fourth-order valence-electron chi connectivity index (χ4n) is 1.58. The summed E-state index contributed by atoms with van der Waals surface area (Å²) in [6, 6.07) is 4.67. The second-order valence-electron chi connectivity index (χ2n) is 3.75. The predicted octanol–water partition coefficient (Wildman–Crippen LogP) is 3.63. The first kappa shape index (κ1) is 12.3. The number of nitrogens with one attached hydrogen (secondary N) is 1. The van der Waals surface area contributed by atoms with Gasteiger partial charge in [-0.3, -0.25) is 5.10 Å². The summed E-state index contributed by atoms with van der Waals surface area (Å²) >= 11 is 2.10. The zero-order chi connectivity index (χ0) is 13.4. The number of fused-ring (bicyclic) bond motifs is 1. The third-order valence-corrected chi connectivity index (χ3v) is 3.30. The highest BCUT2D eigenvalue weighted by molar-refractivity contribution is 14.1. The standard InChI is InChI=1S/C12H6F2IN3O/c13-6-1-2-10(8(14)3-6)19-11-4-9-7(5-16-11)12(15)18-17-9/h1-5H,(H,17,18). The maximum Gasteiger partial charge on any atom is 0.221 e. The molecule has 0 bridgehead atoms. The highest BCUT2D eigenvalue weighted by atomic mass is 127. The summed E-state index contributed by atoms with van der Waals surface area (Å²) in [5.74, 6) is -1.33. The van der Waals surface area contributed by atoms with Crippen LogP contribution in [0.25, 0.3) is 10.9 Å². The van der Waals surface area contributed by atoms with Crippen molar-refractivity contribution in [2.45, 2.75) is 0 Å². The first-order valence-corrected chi connectivity index (χ1v) is 6.34. The smallest absolute Gasteiger partial charge is 0.221 e. The van der Waals surface area contributed by atoms with Gasteiger partial charge in [-0.1, -0.05) is 0 Å². The third-order valence-electron chi connectivity index (χ3n) is 2.48. The van der Waals surface area contributed by atoms with Crippen molar-refractivity contribution in [1.82, 2.24) is 15.2 Å². The van der Waals surface area contributed by atoms with Gasteiger partial charge in [0, 0.05) is 18.3 Å². The van der Waals surface area contributed by atoms with Gasteiger partial charge >= 0.3 is 0 Å². The van der Waals surface area contributed by atoms with Crippen molar-refractivity contribution in [3.05, 3.63) is 45.8 Å². The fraction of sp³-hybridized carbons (Fsp3) is 0. The van der Waals surface area contributed by atoms with Gasteiger partial charge in [0.15, 0.2) is 11.6 Å². The summed E-state index contributed by atoms with van der Waals surface area (Å²) in [5, 5.41) is 7.71. The molecule has 0 aliphatic rings. The first-order chi connectivity index (χ1) is 9.13. The lowest BCUT2D eigenvalue weighted by molar-refractivity contribution is 0.424. The van der Waals surface area contributed by atoms with Gasteiger partial charge in [0.1, 0.15) is 15.0 Å². The van der Waals surface area contributed by atoms with Crippen LogP contribution in [-0.4, -0.2) is 15.2 Å². The molecule has 2 aromatic heterocycles. The van der Waals surface area contributed by atoms with Crippen LogP contribution in [0.4, 0.5) is 8.78 Å². The highest BCUT2D eigenvalue weighted by Crippen LogP contribution is 2.26. The Morgan fingerprint density at radius 1 is 1.21 bits per heavy atom. The molecule has 0 aliphatic heterocycles. The number of rotatable bonds is 2. The first-order valence-electron chi connectivity index (χ1n) is 5.26. The number of ether oxygens (including phenoxy) is 1. The van der Waals surface area contributed by atoms with E-state index in [0.717, 1.165) is 21.2 Å². The van der Waals surface area contributed by atoms with E-state index in [0.29, 0.717) is 5.52 Å². The normalized spacial score (nSPS) is 10.9. The van der Waals surface area contributed by atoms with Gasteiger partial charge < -0.3 is 4.74 Å². The van der Waals surface area contributed by atoms with Crippen molar-refractivity contribution >= 4 is 33.5 Å². The maximum absolute atomic E-state index is 13.4. The van der Waals surface area contributed by atoms with Crippen molar-refractivity contribution in [2.24, 2.45) is 0 Å². The van der Waals surface area contributed by atoms with Gasteiger partial charge in [0.2, 0.25) is 5.88 Å². The molecule has 3 rings (SSSR count). The molecule has 1 aromatic carbocycles. The van der Waals surface area contributed by atoms with Crippen molar-refractivity contribution in [1.29, 1.82) is 0 Å². The number of aromatic nitrogens is 3. The number of hydrogen-bond donors (Lipinski definition) is 1. The van der Waals surface area contributed by atoms with E-state index in [9.17, 15) is 8.78 Å².